The van der Waals surface area contributed by atoms with E-state index in [2.05, 4.69) is 31.8 Å². The van der Waals surface area contributed by atoms with E-state index in [1.807, 2.05) is 12.5 Å². The summed E-state index contributed by atoms with van der Waals surface area (Å²) in [7, 11) is 0. The summed E-state index contributed by atoms with van der Waals surface area (Å²) in [5.74, 6) is 1.00. The lowest BCUT2D eigenvalue weighted by atomic mass is 10.2. The van der Waals surface area contributed by atoms with Crippen molar-refractivity contribution in [3.8, 4) is 0 Å². The summed E-state index contributed by atoms with van der Waals surface area (Å²) >= 11 is 0. The Morgan fingerprint density at radius 3 is 3.17 bits per heavy atom. The molecular weight excluding hydrogens is 226 g/mol. The molecule has 0 spiro atoms. The summed E-state index contributed by atoms with van der Waals surface area (Å²) in [6, 6.07) is 0.318. The molecule has 1 N–H and O–H groups in total. The average molecular weight is 243 g/mol. The standard InChI is InChI=1S/C13H17N5/c1-10(7-18-6-5-14-9-18)17-13-11-3-2-4-12(11)15-8-16-13/h5-6,8-10H,2-4,7H2,1H3,(H,15,16,17). The quantitative estimate of drug-likeness (QED) is 0.887. The molecule has 0 aromatic carbocycles. The molecule has 1 aliphatic carbocycles. The van der Waals surface area contributed by atoms with E-state index in [-0.39, 0.29) is 0 Å². The predicted octanol–water partition coefficient (Wildman–Crippen LogP) is 1.66. The number of nitrogens with one attached hydrogen (secondary N) is 1. The maximum absolute atomic E-state index is 4.37. The third-order valence-corrected chi connectivity index (χ3v) is 3.30. The van der Waals surface area contributed by atoms with Gasteiger partial charge in [-0.2, -0.15) is 0 Å². The molecule has 1 unspecified atom stereocenters. The van der Waals surface area contributed by atoms with Gasteiger partial charge in [0.25, 0.3) is 0 Å². The molecule has 18 heavy (non-hydrogen) atoms. The molecule has 1 aliphatic rings. The monoisotopic (exact) mass is 243 g/mol. The zero-order chi connectivity index (χ0) is 12.4. The summed E-state index contributed by atoms with van der Waals surface area (Å²) in [5.41, 5.74) is 2.51. The van der Waals surface area contributed by atoms with Crippen LogP contribution in [0.5, 0.6) is 0 Å². The second kappa shape index (κ2) is 4.76. The molecule has 5 heteroatoms. The first kappa shape index (κ1) is 11.2. The second-order valence-electron chi connectivity index (χ2n) is 4.81. The van der Waals surface area contributed by atoms with Crippen molar-refractivity contribution in [2.45, 2.75) is 38.8 Å². The van der Waals surface area contributed by atoms with Crippen LogP contribution >= 0.6 is 0 Å². The first-order valence-electron chi connectivity index (χ1n) is 6.38. The van der Waals surface area contributed by atoms with Gasteiger partial charge in [-0.05, 0) is 26.2 Å². The Morgan fingerprint density at radius 1 is 1.39 bits per heavy atom. The van der Waals surface area contributed by atoms with Crippen LogP contribution in [-0.2, 0) is 19.4 Å². The van der Waals surface area contributed by atoms with Gasteiger partial charge in [-0.1, -0.05) is 0 Å². The number of aromatic nitrogens is 4. The van der Waals surface area contributed by atoms with E-state index in [0.717, 1.165) is 25.2 Å². The van der Waals surface area contributed by atoms with Crippen LogP contribution in [0.15, 0.2) is 25.0 Å². The Morgan fingerprint density at radius 2 is 2.33 bits per heavy atom. The van der Waals surface area contributed by atoms with Crippen LogP contribution in [0.2, 0.25) is 0 Å². The number of aryl methyl sites for hydroxylation is 1. The first-order chi connectivity index (χ1) is 8.83. The molecule has 0 amide bonds. The summed E-state index contributed by atoms with van der Waals surface area (Å²) < 4.78 is 2.07. The highest BCUT2D eigenvalue weighted by molar-refractivity contribution is 5.48. The predicted molar refractivity (Wildman–Crippen MR) is 69.4 cm³/mol. The van der Waals surface area contributed by atoms with Gasteiger partial charge in [0.05, 0.1) is 6.33 Å². The Bertz CT molecular complexity index is 520. The maximum atomic E-state index is 4.37. The van der Waals surface area contributed by atoms with E-state index in [1.54, 1.807) is 12.5 Å². The molecule has 0 aliphatic heterocycles. The molecule has 94 valence electrons. The minimum absolute atomic E-state index is 0.318. The maximum Gasteiger partial charge on any atom is 0.133 e. The van der Waals surface area contributed by atoms with E-state index >= 15 is 0 Å². The minimum atomic E-state index is 0.318. The van der Waals surface area contributed by atoms with Crippen LogP contribution in [0, 0.1) is 0 Å². The van der Waals surface area contributed by atoms with Crippen molar-refractivity contribution in [2.75, 3.05) is 5.32 Å². The average Bonchev–Trinajstić information content (AvgIpc) is 2.99. The number of hydrogen-bond acceptors (Lipinski definition) is 4. The van der Waals surface area contributed by atoms with Gasteiger partial charge >= 0.3 is 0 Å². The highest BCUT2D eigenvalue weighted by Crippen LogP contribution is 2.25. The van der Waals surface area contributed by atoms with E-state index in [4.69, 9.17) is 0 Å². The van der Waals surface area contributed by atoms with Gasteiger partial charge < -0.3 is 9.88 Å². The number of hydrogen-bond donors (Lipinski definition) is 1. The van der Waals surface area contributed by atoms with Crippen molar-refractivity contribution >= 4 is 5.82 Å². The van der Waals surface area contributed by atoms with E-state index in [0.29, 0.717) is 6.04 Å². The molecule has 0 fully saturated rings. The van der Waals surface area contributed by atoms with E-state index in [1.165, 1.54) is 17.7 Å². The van der Waals surface area contributed by atoms with Crippen molar-refractivity contribution in [1.82, 2.24) is 19.5 Å². The van der Waals surface area contributed by atoms with Crippen molar-refractivity contribution in [3.63, 3.8) is 0 Å². The number of anilines is 1. The fourth-order valence-corrected chi connectivity index (χ4v) is 2.47. The highest BCUT2D eigenvalue weighted by atomic mass is 15.1. The Hall–Kier alpha value is -1.91. The van der Waals surface area contributed by atoms with Crippen LogP contribution in [0.1, 0.15) is 24.6 Å². The van der Waals surface area contributed by atoms with Gasteiger partial charge in [-0.25, -0.2) is 15.0 Å². The molecule has 3 rings (SSSR count). The zero-order valence-corrected chi connectivity index (χ0v) is 10.5. The number of nitrogens with zero attached hydrogens (tertiary/aromatic N) is 4. The zero-order valence-electron chi connectivity index (χ0n) is 10.5. The lowest BCUT2D eigenvalue weighted by Crippen LogP contribution is -2.22. The Balaban J connectivity index is 1.71. The smallest absolute Gasteiger partial charge is 0.133 e. The largest absolute Gasteiger partial charge is 0.365 e. The van der Waals surface area contributed by atoms with Gasteiger partial charge in [0.15, 0.2) is 0 Å². The molecule has 0 saturated heterocycles. The lowest BCUT2D eigenvalue weighted by molar-refractivity contribution is 0.616. The van der Waals surface area contributed by atoms with Crippen LogP contribution in [0.25, 0.3) is 0 Å². The number of rotatable bonds is 4. The number of fused-ring (bicyclic) bond motifs is 1. The molecule has 0 bridgehead atoms. The molecule has 5 nitrogen and oxygen atoms in total. The molecule has 2 aromatic rings. The van der Waals surface area contributed by atoms with Crippen LogP contribution in [0.4, 0.5) is 5.82 Å². The first-order valence-corrected chi connectivity index (χ1v) is 6.38. The summed E-state index contributed by atoms with van der Waals surface area (Å²) in [4.78, 5) is 12.8. The van der Waals surface area contributed by atoms with Crippen LogP contribution in [0.3, 0.4) is 0 Å². The van der Waals surface area contributed by atoms with Crippen LogP contribution < -0.4 is 5.32 Å². The normalized spacial score (nSPS) is 15.4. The molecule has 0 saturated carbocycles. The van der Waals surface area contributed by atoms with Crippen molar-refractivity contribution in [2.24, 2.45) is 0 Å². The lowest BCUT2D eigenvalue weighted by Gasteiger charge is -2.16. The topological polar surface area (TPSA) is 55.6 Å². The van der Waals surface area contributed by atoms with Gasteiger partial charge in [0.1, 0.15) is 12.1 Å². The number of imidazole rings is 1. The molecule has 0 radical (unpaired) electrons. The van der Waals surface area contributed by atoms with Gasteiger partial charge in [0, 0.05) is 36.2 Å². The molecule has 2 heterocycles. The Kier molecular flexibility index (Phi) is 2.96. The third-order valence-electron chi connectivity index (χ3n) is 3.30. The van der Waals surface area contributed by atoms with Crippen LogP contribution in [-0.4, -0.2) is 25.6 Å². The van der Waals surface area contributed by atoms with Gasteiger partial charge in [0.2, 0.25) is 0 Å². The molecule has 1 atom stereocenters. The SMILES string of the molecule is CC(Cn1ccnc1)Nc1ncnc2c1CCC2. The summed E-state index contributed by atoms with van der Waals surface area (Å²) in [5, 5.41) is 3.48. The summed E-state index contributed by atoms with van der Waals surface area (Å²) in [6.07, 6.45) is 10.6. The molecular formula is C13H17N5. The van der Waals surface area contributed by atoms with Gasteiger partial charge in [-0.3, -0.25) is 0 Å². The second-order valence-corrected chi connectivity index (χ2v) is 4.81. The third kappa shape index (κ3) is 2.20. The Labute approximate surface area is 106 Å². The fraction of sp³-hybridized carbons (Fsp3) is 0.462. The van der Waals surface area contributed by atoms with Crippen molar-refractivity contribution in [3.05, 3.63) is 36.3 Å². The van der Waals surface area contributed by atoms with E-state index in [9.17, 15) is 0 Å². The van der Waals surface area contributed by atoms with E-state index < -0.39 is 0 Å². The van der Waals surface area contributed by atoms with Crippen molar-refractivity contribution in [1.29, 1.82) is 0 Å². The minimum Gasteiger partial charge on any atom is -0.365 e. The molecule has 2 aromatic heterocycles. The highest BCUT2D eigenvalue weighted by Gasteiger charge is 2.17. The van der Waals surface area contributed by atoms with Crippen molar-refractivity contribution < 1.29 is 0 Å². The summed E-state index contributed by atoms with van der Waals surface area (Å²) in [6.45, 7) is 3.04. The fourth-order valence-electron chi connectivity index (χ4n) is 2.47. The van der Waals surface area contributed by atoms with Gasteiger partial charge in [-0.15, -0.1) is 0 Å².